The lowest BCUT2D eigenvalue weighted by atomic mass is 9.99. The number of ether oxygens (including phenoxy) is 4. The monoisotopic (exact) mass is 703 g/mol. The lowest BCUT2D eigenvalue weighted by Crippen LogP contribution is -2.59. The Bertz CT molecular complexity index is 722. The molecule has 1 rings (SSSR count). The van der Waals surface area contributed by atoms with Crippen molar-refractivity contribution in [2.45, 2.75) is 224 Å². The van der Waals surface area contributed by atoms with E-state index < -0.39 is 49.4 Å². The van der Waals surface area contributed by atoms with Gasteiger partial charge < -0.3 is 39.4 Å². The summed E-state index contributed by atoms with van der Waals surface area (Å²) in [6, 6.07) is 0. The first kappa shape index (κ1) is 46.2. The van der Waals surface area contributed by atoms with Crippen molar-refractivity contribution in [3.05, 3.63) is 0 Å². The Hall–Kier alpha value is -0.810. The van der Waals surface area contributed by atoms with Crippen LogP contribution in [0.3, 0.4) is 0 Å². The van der Waals surface area contributed by atoms with E-state index in [-0.39, 0.29) is 19.6 Å². The Kier molecular flexibility index (Phi) is 31.2. The summed E-state index contributed by atoms with van der Waals surface area (Å²) in [6.45, 7) is 4.02. The quantitative estimate of drug-likeness (QED) is 0.0380. The van der Waals surface area contributed by atoms with Crippen LogP contribution in [0.2, 0.25) is 0 Å². The van der Waals surface area contributed by atoms with E-state index in [0.717, 1.165) is 12.8 Å². The highest BCUT2D eigenvalue weighted by molar-refractivity contribution is 5.69. The van der Waals surface area contributed by atoms with Gasteiger partial charge in [0, 0.05) is 13.0 Å². The van der Waals surface area contributed by atoms with Crippen molar-refractivity contribution in [1.82, 2.24) is 0 Å². The van der Waals surface area contributed by atoms with Crippen LogP contribution in [0.1, 0.15) is 187 Å². The molecule has 1 heterocycles. The third-order valence-electron chi connectivity index (χ3n) is 9.83. The average Bonchev–Trinajstić information content (AvgIpc) is 3.11. The maximum Gasteiger partial charge on any atom is 0.305 e. The highest BCUT2D eigenvalue weighted by Crippen LogP contribution is 2.22. The fraction of sp³-hybridized carbons (Fsp3) is 0.975. The topological polar surface area (TPSA) is 135 Å². The van der Waals surface area contributed by atoms with E-state index in [2.05, 4.69) is 6.92 Å². The summed E-state index contributed by atoms with van der Waals surface area (Å²) < 4.78 is 22.1. The van der Waals surface area contributed by atoms with Crippen LogP contribution in [0.25, 0.3) is 0 Å². The number of rotatable bonds is 35. The maximum absolute atomic E-state index is 11.9. The Morgan fingerprint density at radius 1 is 0.571 bits per heavy atom. The molecule has 1 aliphatic rings. The minimum atomic E-state index is -1.53. The second kappa shape index (κ2) is 33.1. The van der Waals surface area contributed by atoms with Crippen molar-refractivity contribution in [2.24, 2.45) is 0 Å². The van der Waals surface area contributed by atoms with Crippen LogP contribution < -0.4 is 0 Å². The van der Waals surface area contributed by atoms with Crippen LogP contribution in [0.15, 0.2) is 0 Å². The molecule has 292 valence electrons. The molecule has 4 N–H and O–H groups in total. The second-order valence-corrected chi connectivity index (χ2v) is 14.4. The van der Waals surface area contributed by atoms with E-state index in [0.29, 0.717) is 6.61 Å². The van der Waals surface area contributed by atoms with E-state index in [1.165, 1.54) is 154 Å². The summed E-state index contributed by atoms with van der Waals surface area (Å²) in [5, 5.41) is 39.4. The number of hydrogen-bond donors (Lipinski definition) is 4. The minimum Gasteiger partial charge on any atom is -0.457 e. The van der Waals surface area contributed by atoms with Gasteiger partial charge in [-0.15, -0.1) is 0 Å². The Balaban J connectivity index is 1.90. The first-order chi connectivity index (χ1) is 23.9. The highest BCUT2D eigenvalue weighted by Gasteiger charge is 2.44. The fourth-order valence-electron chi connectivity index (χ4n) is 6.53. The zero-order valence-corrected chi connectivity index (χ0v) is 31.7. The van der Waals surface area contributed by atoms with Gasteiger partial charge in [-0.3, -0.25) is 4.79 Å². The molecule has 9 heteroatoms. The lowest BCUT2D eigenvalue weighted by Gasteiger charge is -2.39. The zero-order valence-electron chi connectivity index (χ0n) is 31.7. The van der Waals surface area contributed by atoms with Gasteiger partial charge in [-0.1, -0.05) is 174 Å². The van der Waals surface area contributed by atoms with E-state index in [1.54, 1.807) is 6.92 Å². The maximum atomic E-state index is 11.9. The first-order valence-electron chi connectivity index (χ1n) is 20.6. The van der Waals surface area contributed by atoms with Crippen LogP contribution in [-0.4, -0.2) is 89.6 Å². The molecule has 0 aromatic carbocycles. The average molecular weight is 703 g/mol. The van der Waals surface area contributed by atoms with Crippen LogP contribution in [-0.2, 0) is 23.7 Å². The minimum absolute atomic E-state index is 0.117. The first-order valence-corrected chi connectivity index (χ1v) is 20.6. The smallest absolute Gasteiger partial charge is 0.305 e. The van der Waals surface area contributed by atoms with Crippen LogP contribution in [0, 0.1) is 0 Å². The number of carbonyl (C=O) groups is 1. The van der Waals surface area contributed by atoms with Crippen molar-refractivity contribution in [3.8, 4) is 0 Å². The number of hydrogen-bond acceptors (Lipinski definition) is 9. The molecule has 1 saturated heterocycles. The van der Waals surface area contributed by atoms with Crippen LogP contribution >= 0.6 is 0 Å². The number of esters is 1. The van der Waals surface area contributed by atoms with Gasteiger partial charge >= 0.3 is 5.97 Å². The molecule has 0 aliphatic carbocycles. The SMILES string of the molecule is CCCCCCCCCCCCCCCCCCCCCCCCCCCCOCC(COC1OC(CO)C(O)C(O)C1O)OC(=O)CC. The molecule has 0 aromatic heterocycles. The summed E-state index contributed by atoms with van der Waals surface area (Å²) in [7, 11) is 0. The Morgan fingerprint density at radius 2 is 0.980 bits per heavy atom. The normalized spacial score (nSPS) is 21.6. The molecule has 0 saturated carbocycles. The number of aliphatic hydroxyl groups is 4. The van der Waals surface area contributed by atoms with Crippen molar-refractivity contribution in [1.29, 1.82) is 0 Å². The molecular weight excluding hydrogens is 624 g/mol. The molecule has 1 aliphatic heterocycles. The summed E-state index contributed by atoms with van der Waals surface area (Å²) in [6.07, 6.45) is 28.2. The van der Waals surface area contributed by atoms with Crippen molar-refractivity contribution < 1.29 is 44.2 Å². The summed E-state index contributed by atoms with van der Waals surface area (Å²) >= 11 is 0. The van der Waals surface area contributed by atoms with Gasteiger partial charge in [-0.05, 0) is 6.42 Å². The lowest BCUT2D eigenvalue weighted by molar-refractivity contribution is -0.305. The third-order valence-corrected chi connectivity index (χ3v) is 9.83. The molecule has 0 bridgehead atoms. The molecule has 1 fully saturated rings. The van der Waals surface area contributed by atoms with Gasteiger partial charge in [0.2, 0.25) is 0 Å². The summed E-state index contributed by atoms with van der Waals surface area (Å²) in [4.78, 5) is 11.9. The predicted molar refractivity (Wildman–Crippen MR) is 196 cm³/mol. The molecule has 6 atom stereocenters. The Labute approximate surface area is 300 Å². The van der Waals surface area contributed by atoms with Gasteiger partial charge in [-0.25, -0.2) is 0 Å². The van der Waals surface area contributed by atoms with Crippen molar-refractivity contribution >= 4 is 5.97 Å². The predicted octanol–water partition coefficient (Wildman–Crippen LogP) is 8.30. The van der Waals surface area contributed by atoms with Gasteiger partial charge in [-0.2, -0.15) is 0 Å². The van der Waals surface area contributed by atoms with Gasteiger partial charge in [0.15, 0.2) is 6.29 Å². The summed E-state index contributed by atoms with van der Waals surface area (Å²) in [5.41, 5.74) is 0. The molecule has 49 heavy (non-hydrogen) atoms. The molecule has 0 aromatic rings. The van der Waals surface area contributed by atoms with Gasteiger partial charge in [0.1, 0.15) is 30.5 Å². The number of aliphatic hydroxyl groups excluding tert-OH is 4. The van der Waals surface area contributed by atoms with E-state index in [4.69, 9.17) is 18.9 Å². The van der Waals surface area contributed by atoms with Crippen LogP contribution in [0.5, 0.6) is 0 Å². The number of carbonyl (C=O) groups excluding carboxylic acids is 1. The molecule has 6 unspecified atom stereocenters. The second-order valence-electron chi connectivity index (χ2n) is 14.4. The fourth-order valence-corrected chi connectivity index (χ4v) is 6.53. The number of unbranched alkanes of at least 4 members (excludes halogenated alkanes) is 25. The van der Waals surface area contributed by atoms with Gasteiger partial charge in [0.25, 0.3) is 0 Å². The molecule has 0 amide bonds. The largest absolute Gasteiger partial charge is 0.457 e. The standard InChI is InChI=1S/C40H78O9/c1-3-5-6-7-8-9-10-11-12-13-14-15-16-17-18-19-20-21-22-23-24-25-26-27-28-29-30-46-32-34(48-36(42)4-2)33-47-40-39(45)38(44)37(43)35(31-41)49-40/h34-35,37-41,43-45H,3-33H2,1-2H3. The molecule has 9 nitrogen and oxygen atoms in total. The Morgan fingerprint density at radius 3 is 1.37 bits per heavy atom. The van der Waals surface area contributed by atoms with E-state index in [9.17, 15) is 25.2 Å². The van der Waals surface area contributed by atoms with E-state index in [1.807, 2.05) is 0 Å². The highest BCUT2D eigenvalue weighted by atomic mass is 16.7. The van der Waals surface area contributed by atoms with Crippen LogP contribution in [0.4, 0.5) is 0 Å². The third kappa shape index (κ3) is 24.9. The van der Waals surface area contributed by atoms with Crippen molar-refractivity contribution in [2.75, 3.05) is 26.4 Å². The van der Waals surface area contributed by atoms with E-state index >= 15 is 0 Å². The van der Waals surface area contributed by atoms with Crippen molar-refractivity contribution in [3.63, 3.8) is 0 Å². The molecular formula is C40H78O9. The molecule has 0 radical (unpaired) electrons. The summed E-state index contributed by atoms with van der Waals surface area (Å²) in [5.74, 6) is -0.397. The molecule has 0 spiro atoms. The zero-order chi connectivity index (χ0) is 35.8. The van der Waals surface area contributed by atoms with Gasteiger partial charge in [0.05, 0.1) is 19.8 Å².